The van der Waals surface area contributed by atoms with Gasteiger partial charge >= 0.3 is 6.09 Å². The molecule has 0 fully saturated rings. The molecule has 3 aromatic rings. The maximum absolute atomic E-state index is 12.0. The van der Waals surface area contributed by atoms with E-state index >= 15 is 0 Å². The summed E-state index contributed by atoms with van der Waals surface area (Å²) >= 11 is 0. The largest absolute Gasteiger partial charge is 0.414 e. The molecule has 0 aliphatic carbocycles. The molecule has 3 aromatic heterocycles. The first kappa shape index (κ1) is 22.3. The van der Waals surface area contributed by atoms with Gasteiger partial charge in [-0.3, -0.25) is 4.79 Å². The molecule has 0 aromatic carbocycles. The fourth-order valence-electron chi connectivity index (χ4n) is 2.82. The predicted molar refractivity (Wildman–Crippen MR) is 119 cm³/mol. The molecular weight excluding hydrogens is 410 g/mol. The third-order valence-corrected chi connectivity index (χ3v) is 4.46. The number of nitrogens with one attached hydrogen (secondary N) is 2. The number of hydrogen-bond acceptors (Lipinski definition) is 7. The number of ether oxygens (including phenoxy) is 1. The summed E-state index contributed by atoms with van der Waals surface area (Å²) in [6, 6.07) is 7.43. The Balaban J connectivity index is 1.83. The molecular formula is C22H23N7O3. The van der Waals surface area contributed by atoms with Gasteiger partial charge in [-0.05, 0) is 25.1 Å². The second-order valence-corrected chi connectivity index (χ2v) is 7.21. The zero-order chi connectivity index (χ0) is 23.3. The third kappa shape index (κ3) is 5.02. The number of nitriles is 1. The minimum absolute atomic E-state index is 0.192. The monoisotopic (exact) mass is 433 g/mol. The van der Waals surface area contributed by atoms with Crippen molar-refractivity contribution in [1.29, 1.82) is 5.26 Å². The van der Waals surface area contributed by atoms with Crippen LogP contribution in [0.2, 0.25) is 0 Å². The first-order valence-corrected chi connectivity index (χ1v) is 9.74. The van der Waals surface area contributed by atoms with Crippen molar-refractivity contribution < 1.29 is 14.3 Å². The summed E-state index contributed by atoms with van der Waals surface area (Å²) in [5.41, 5.74) is 2.80. The first-order valence-electron chi connectivity index (χ1n) is 9.74. The van der Waals surface area contributed by atoms with Crippen molar-refractivity contribution in [2.45, 2.75) is 6.92 Å². The van der Waals surface area contributed by atoms with Crippen LogP contribution in [0.25, 0.3) is 16.6 Å². The summed E-state index contributed by atoms with van der Waals surface area (Å²) in [6.45, 7) is 6.16. The average Bonchev–Trinajstić information content (AvgIpc) is 3.19. The van der Waals surface area contributed by atoms with Crippen molar-refractivity contribution in [2.75, 3.05) is 32.5 Å². The molecule has 0 aliphatic rings. The van der Waals surface area contributed by atoms with E-state index < -0.39 is 6.09 Å². The molecule has 0 radical (unpaired) electrons. The lowest BCUT2D eigenvalue weighted by molar-refractivity contribution is -0.117. The van der Waals surface area contributed by atoms with Crippen LogP contribution in [0.3, 0.4) is 0 Å². The highest BCUT2D eigenvalue weighted by atomic mass is 16.6. The minimum atomic E-state index is -0.528. The van der Waals surface area contributed by atoms with E-state index in [4.69, 9.17) is 4.74 Å². The topological polar surface area (TPSA) is 125 Å². The number of pyridine rings is 2. The second-order valence-electron chi connectivity index (χ2n) is 7.21. The van der Waals surface area contributed by atoms with Gasteiger partial charge in [-0.1, -0.05) is 6.58 Å². The van der Waals surface area contributed by atoms with E-state index in [9.17, 15) is 14.9 Å². The van der Waals surface area contributed by atoms with E-state index in [2.05, 4.69) is 33.4 Å². The van der Waals surface area contributed by atoms with E-state index in [-0.39, 0.29) is 11.7 Å². The van der Waals surface area contributed by atoms with E-state index in [1.807, 2.05) is 6.07 Å². The van der Waals surface area contributed by atoms with Gasteiger partial charge in [0.25, 0.3) is 0 Å². The molecule has 0 saturated carbocycles. The average molecular weight is 433 g/mol. The van der Waals surface area contributed by atoms with Gasteiger partial charge in [-0.2, -0.15) is 10.4 Å². The third-order valence-electron chi connectivity index (χ3n) is 4.46. The Morgan fingerprint density at radius 1 is 1.28 bits per heavy atom. The standard InChI is InChI=1S/C22H23N7O3/c1-14(2)21(30)25-8-7-24-19-6-5-15(11-26-19)18-9-17(32-22(31)28(3)4)13-29-20(18)16(10-23)12-27-29/h5-6,9,11-13H,1,7-8H2,2-4H3,(H,24,26)(H,25,30). The number of aromatic nitrogens is 3. The molecule has 3 rings (SSSR count). The molecule has 0 unspecified atom stereocenters. The Hall–Kier alpha value is -4.39. The summed E-state index contributed by atoms with van der Waals surface area (Å²) in [5.74, 6) is 0.718. The SMILES string of the molecule is C=C(C)C(=O)NCCNc1ccc(-c2cc(OC(=O)N(C)C)cn3ncc(C#N)c23)cn1. The van der Waals surface area contributed by atoms with Crippen LogP contribution in [0.5, 0.6) is 5.75 Å². The Bertz CT molecular complexity index is 1210. The molecule has 164 valence electrons. The van der Waals surface area contributed by atoms with Crippen molar-refractivity contribution >= 4 is 23.3 Å². The number of anilines is 1. The molecule has 2 amide bonds. The summed E-state index contributed by atoms with van der Waals surface area (Å²) in [4.78, 5) is 29.2. The number of nitrogens with zero attached hydrogens (tertiary/aromatic N) is 5. The van der Waals surface area contributed by atoms with Crippen molar-refractivity contribution in [3.8, 4) is 22.9 Å². The smallest absolute Gasteiger partial charge is 0.409 e. The lowest BCUT2D eigenvalue weighted by Gasteiger charge is -2.13. The van der Waals surface area contributed by atoms with Crippen molar-refractivity contribution in [3.05, 3.63) is 54.5 Å². The van der Waals surface area contributed by atoms with Gasteiger partial charge in [0.1, 0.15) is 11.9 Å². The molecule has 0 aliphatic heterocycles. The normalized spacial score (nSPS) is 10.3. The number of rotatable bonds is 7. The van der Waals surface area contributed by atoms with E-state index in [1.165, 1.54) is 15.6 Å². The number of carbonyl (C=O) groups is 2. The summed E-state index contributed by atoms with van der Waals surface area (Å²) in [7, 11) is 3.17. The molecule has 3 heterocycles. The fraction of sp³-hybridized carbons (Fsp3) is 0.227. The van der Waals surface area contributed by atoms with Gasteiger partial charge in [0.15, 0.2) is 5.75 Å². The number of fused-ring (bicyclic) bond motifs is 1. The summed E-state index contributed by atoms with van der Waals surface area (Å²) in [5, 5.41) is 19.5. The van der Waals surface area contributed by atoms with Gasteiger partial charge < -0.3 is 20.3 Å². The van der Waals surface area contributed by atoms with Crippen LogP contribution < -0.4 is 15.4 Å². The number of amides is 2. The van der Waals surface area contributed by atoms with Crippen molar-refractivity contribution in [2.24, 2.45) is 0 Å². The lowest BCUT2D eigenvalue weighted by atomic mass is 10.1. The van der Waals surface area contributed by atoms with Crippen LogP contribution in [-0.2, 0) is 4.79 Å². The van der Waals surface area contributed by atoms with Gasteiger partial charge in [0.05, 0.1) is 23.5 Å². The number of hydrogen-bond donors (Lipinski definition) is 2. The summed E-state index contributed by atoms with van der Waals surface area (Å²) < 4.78 is 6.89. The molecule has 32 heavy (non-hydrogen) atoms. The molecule has 10 heteroatoms. The Kier molecular flexibility index (Phi) is 6.70. The van der Waals surface area contributed by atoms with Crippen LogP contribution in [0.4, 0.5) is 10.6 Å². The second kappa shape index (κ2) is 9.61. The molecule has 0 spiro atoms. The lowest BCUT2D eigenvalue weighted by Crippen LogP contribution is -2.29. The fourth-order valence-corrected chi connectivity index (χ4v) is 2.82. The Morgan fingerprint density at radius 2 is 2.06 bits per heavy atom. The van der Waals surface area contributed by atoms with Gasteiger partial charge in [0.2, 0.25) is 5.91 Å². The van der Waals surface area contributed by atoms with Gasteiger partial charge in [-0.25, -0.2) is 14.3 Å². The number of carbonyl (C=O) groups excluding carboxylic acids is 2. The van der Waals surface area contributed by atoms with Crippen LogP contribution >= 0.6 is 0 Å². The van der Waals surface area contributed by atoms with E-state index in [1.54, 1.807) is 45.5 Å². The van der Waals surface area contributed by atoms with Gasteiger partial charge in [-0.15, -0.1) is 0 Å². The molecule has 2 N–H and O–H groups in total. The molecule has 0 bridgehead atoms. The zero-order valence-corrected chi connectivity index (χ0v) is 18.0. The van der Waals surface area contributed by atoms with Crippen LogP contribution in [-0.4, -0.2) is 58.7 Å². The highest BCUT2D eigenvalue weighted by Gasteiger charge is 2.16. The molecule has 0 atom stereocenters. The van der Waals surface area contributed by atoms with Crippen LogP contribution in [0.1, 0.15) is 12.5 Å². The van der Waals surface area contributed by atoms with Crippen molar-refractivity contribution in [1.82, 2.24) is 24.8 Å². The van der Waals surface area contributed by atoms with E-state index in [0.29, 0.717) is 41.1 Å². The summed E-state index contributed by atoms with van der Waals surface area (Å²) in [6.07, 6.45) is 4.12. The van der Waals surface area contributed by atoms with Crippen LogP contribution in [0, 0.1) is 11.3 Å². The molecule has 0 saturated heterocycles. The Labute approximate surface area is 185 Å². The Morgan fingerprint density at radius 3 is 2.69 bits per heavy atom. The maximum atomic E-state index is 12.0. The first-order chi connectivity index (χ1) is 15.3. The molecule has 10 nitrogen and oxygen atoms in total. The van der Waals surface area contributed by atoms with E-state index in [0.717, 1.165) is 5.56 Å². The predicted octanol–water partition coefficient (Wildman–Crippen LogP) is 2.43. The van der Waals surface area contributed by atoms with Gasteiger partial charge in [0, 0.05) is 50.1 Å². The van der Waals surface area contributed by atoms with Crippen molar-refractivity contribution in [3.63, 3.8) is 0 Å². The highest BCUT2D eigenvalue weighted by Crippen LogP contribution is 2.31. The zero-order valence-electron chi connectivity index (χ0n) is 18.0. The minimum Gasteiger partial charge on any atom is -0.409 e. The highest BCUT2D eigenvalue weighted by molar-refractivity contribution is 5.92. The maximum Gasteiger partial charge on any atom is 0.414 e. The van der Waals surface area contributed by atoms with Crippen LogP contribution in [0.15, 0.2) is 48.9 Å². The quantitative estimate of drug-likeness (QED) is 0.433.